The van der Waals surface area contributed by atoms with Crippen LogP contribution in [0, 0.1) is 0 Å². The lowest BCUT2D eigenvalue weighted by atomic mass is 10.1. The average molecular weight is 235 g/mol. The predicted molar refractivity (Wildman–Crippen MR) is 61.4 cm³/mol. The second-order valence-corrected chi connectivity index (χ2v) is 6.07. The van der Waals surface area contributed by atoms with E-state index in [0.29, 0.717) is 4.90 Å². The summed E-state index contributed by atoms with van der Waals surface area (Å²) in [5.41, 5.74) is 0. The van der Waals surface area contributed by atoms with Gasteiger partial charge in [0.2, 0.25) is 10.0 Å². The molecule has 84 valence electrons. The fraction of sp³-hybridized carbons (Fsp3) is 0.333. The highest BCUT2D eigenvalue weighted by Crippen LogP contribution is 2.42. The zero-order valence-corrected chi connectivity index (χ0v) is 9.60. The lowest BCUT2D eigenvalue weighted by molar-refractivity contribution is 0.546. The topological polar surface area (TPSA) is 37.1 Å². The van der Waals surface area contributed by atoms with Crippen molar-refractivity contribution in [2.75, 3.05) is 0 Å². The number of hydrogen-bond acceptors (Lipinski definition) is 2. The monoisotopic (exact) mass is 235 g/mol. The van der Waals surface area contributed by atoms with Crippen LogP contribution < -0.4 is 0 Å². The van der Waals surface area contributed by atoms with Crippen LogP contribution in [0.5, 0.6) is 0 Å². The SMILES string of the molecule is O=S(=O)(c1ccccc1)N1C2CC=CCC21. The van der Waals surface area contributed by atoms with Gasteiger partial charge in [-0.3, -0.25) is 0 Å². The van der Waals surface area contributed by atoms with Gasteiger partial charge < -0.3 is 0 Å². The van der Waals surface area contributed by atoms with Crippen LogP contribution in [0.3, 0.4) is 0 Å². The van der Waals surface area contributed by atoms with Crippen molar-refractivity contribution in [1.82, 2.24) is 4.31 Å². The maximum absolute atomic E-state index is 12.3. The third-order valence-corrected chi connectivity index (χ3v) is 5.21. The minimum atomic E-state index is -3.25. The molecule has 1 aliphatic carbocycles. The molecule has 0 aromatic heterocycles. The van der Waals surface area contributed by atoms with Gasteiger partial charge in [0.05, 0.1) is 4.90 Å². The molecule has 0 radical (unpaired) electrons. The minimum absolute atomic E-state index is 0.204. The van der Waals surface area contributed by atoms with Crippen LogP contribution in [0.4, 0.5) is 0 Å². The summed E-state index contributed by atoms with van der Waals surface area (Å²) in [6.45, 7) is 0. The van der Waals surface area contributed by atoms with Crippen LogP contribution in [-0.4, -0.2) is 24.8 Å². The molecular weight excluding hydrogens is 222 g/mol. The van der Waals surface area contributed by atoms with Crippen LogP contribution >= 0.6 is 0 Å². The molecule has 3 nitrogen and oxygen atoms in total. The van der Waals surface area contributed by atoms with Crippen molar-refractivity contribution in [3.8, 4) is 0 Å². The number of nitrogens with zero attached hydrogens (tertiary/aromatic N) is 1. The first-order chi connectivity index (χ1) is 7.71. The Labute approximate surface area is 95.4 Å². The number of benzene rings is 1. The molecule has 0 saturated carbocycles. The van der Waals surface area contributed by atoms with Crippen molar-refractivity contribution in [2.24, 2.45) is 0 Å². The molecule has 2 atom stereocenters. The largest absolute Gasteiger partial charge is 0.243 e. The highest BCUT2D eigenvalue weighted by molar-refractivity contribution is 7.89. The number of fused-ring (bicyclic) bond motifs is 1. The molecular formula is C12H13NO2S. The fourth-order valence-corrected chi connectivity index (χ4v) is 4.23. The molecule has 4 heteroatoms. The fourth-order valence-electron chi connectivity index (χ4n) is 2.37. The van der Waals surface area contributed by atoms with Crippen molar-refractivity contribution < 1.29 is 8.42 Å². The normalized spacial score (nSPS) is 32.1. The first-order valence-electron chi connectivity index (χ1n) is 5.45. The molecule has 2 aliphatic rings. The second-order valence-electron chi connectivity index (χ2n) is 4.23. The molecule has 0 amide bonds. The summed E-state index contributed by atoms with van der Waals surface area (Å²) in [4.78, 5) is 0.407. The van der Waals surface area contributed by atoms with Gasteiger partial charge in [-0.25, -0.2) is 8.42 Å². The van der Waals surface area contributed by atoms with E-state index >= 15 is 0 Å². The van der Waals surface area contributed by atoms with E-state index in [2.05, 4.69) is 12.2 Å². The van der Waals surface area contributed by atoms with Gasteiger partial charge in [-0.1, -0.05) is 30.4 Å². The Morgan fingerprint density at radius 1 is 1.00 bits per heavy atom. The summed E-state index contributed by atoms with van der Waals surface area (Å²) < 4.78 is 26.2. The van der Waals surface area contributed by atoms with E-state index in [9.17, 15) is 8.42 Å². The third-order valence-electron chi connectivity index (χ3n) is 3.25. The van der Waals surface area contributed by atoms with E-state index in [1.807, 2.05) is 6.07 Å². The number of hydrogen-bond donors (Lipinski definition) is 0. The molecule has 0 N–H and O–H groups in total. The van der Waals surface area contributed by atoms with E-state index in [1.165, 1.54) is 0 Å². The van der Waals surface area contributed by atoms with Gasteiger partial charge in [0, 0.05) is 12.1 Å². The van der Waals surface area contributed by atoms with E-state index in [1.54, 1.807) is 28.6 Å². The van der Waals surface area contributed by atoms with Gasteiger partial charge in [-0.05, 0) is 25.0 Å². The molecule has 1 aromatic rings. The van der Waals surface area contributed by atoms with Crippen molar-refractivity contribution in [3.05, 3.63) is 42.5 Å². The van der Waals surface area contributed by atoms with Gasteiger partial charge in [0.1, 0.15) is 0 Å². The molecule has 1 heterocycles. The van der Waals surface area contributed by atoms with Crippen LogP contribution in [0.1, 0.15) is 12.8 Å². The van der Waals surface area contributed by atoms with Crippen LogP contribution in [0.15, 0.2) is 47.4 Å². The maximum Gasteiger partial charge on any atom is 0.243 e. The van der Waals surface area contributed by atoms with Crippen LogP contribution in [-0.2, 0) is 10.0 Å². The summed E-state index contributed by atoms with van der Waals surface area (Å²) in [6.07, 6.45) is 5.86. The predicted octanol–water partition coefficient (Wildman–Crippen LogP) is 1.78. The number of sulfonamides is 1. The minimum Gasteiger partial charge on any atom is -0.207 e. The zero-order chi connectivity index (χ0) is 11.2. The highest BCUT2D eigenvalue weighted by Gasteiger charge is 2.54. The van der Waals surface area contributed by atoms with Gasteiger partial charge >= 0.3 is 0 Å². The van der Waals surface area contributed by atoms with Gasteiger partial charge in [0.25, 0.3) is 0 Å². The van der Waals surface area contributed by atoms with E-state index in [0.717, 1.165) is 12.8 Å². The average Bonchev–Trinajstić information content (AvgIpc) is 3.05. The molecule has 1 fully saturated rings. The summed E-state index contributed by atoms with van der Waals surface area (Å²) in [5.74, 6) is 0. The molecule has 0 spiro atoms. The van der Waals surface area contributed by atoms with Crippen molar-refractivity contribution in [3.63, 3.8) is 0 Å². The Morgan fingerprint density at radius 2 is 1.56 bits per heavy atom. The van der Waals surface area contributed by atoms with Gasteiger partial charge in [-0.2, -0.15) is 4.31 Å². The summed E-state index contributed by atoms with van der Waals surface area (Å²) in [6, 6.07) is 9.08. The Bertz CT molecular complexity index is 507. The van der Waals surface area contributed by atoms with Gasteiger partial charge in [-0.15, -0.1) is 0 Å². The maximum atomic E-state index is 12.3. The second kappa shape index (κ2) is 3.43. The molecule has 2 unspecified atom stereocenters. The Balaban J connectivity index is 1.92. The van der Waals surface area contributed by atoms with Crippen LogP contribution in [0.2, 0.25) is 0 Å². The first-order valence-corrected chi connectivity index (χ1v) is 6.89. The number of rotatable bonds is 2. The van der Waals surface area contributed by atoms with Crippen molar-refractivity contribution in [1.29, 1.82) is 0 Å². The Kier molecular flexibility index (Phi) is 2.16. The summed E-state index contributed by atoms with van der Waals surface area (Å²) >= 11 is 0. The summed E-state index contributed by atoms with van der Waals surface area (Å²) in [7, 11) is -3.25. The summed E-state index contributed by atoms with van der Waals surface area (Å²) in [5, 5.41) is 0. The van der Waals surface area contributed by atoms with Gasteiger partial charge in [0.15, 0.2) is 0 Å². The Hall–Kier alpha value is -1.13. The standard InChI is InChI=1S/C12H13NO2S/c14-16(15,10-6-2-1-3-7-10)13-11-8-4-5-9-12(11)13/h1-7,11-12H,8-9H2. The molecule has 3 rings (SSSR count). The van der Waals surface area contributed by atoms with Crippen molar-refractivity contribution in [2.45, 2.75) is 29.8 Å². The lowest BCUT2D eigenvalue weighted by Crippen LogP contribution is -2.15. The van der Waals surface area contributed by atoms with Crippen molar-refractivity contribution >= 4 is 10.0 Å². The molecule has 0 bridgehead atoms. The zero-order valence-electron chi connectivity index (χ0n) is 8.78. The Morgan fingerprint density at radius 3 is 2.12 bits per heavy atom. The smallest absolute Gasteiger partial charge is 0.207 e. The third kappa shape index (κ3) is 1.41. The van der Waals surface area contributed by atoms with Crippen LogP contribution in [0.25, 0.3) is 0 Å². The highest BCUT2D eigenvalue weighted by atomic mass is 32.2. The quantitative estimate of drug-likeness (QED) is 0.579. The lowest BCUT2D eigenvalue weighted by Gasteiger charge is -2.05. The van der Waals surface area contributed by atoms with E-state index in [4.69, 9.17) is 0 Å². The molecule has 16 heavy (non-hydrogen) atoms. The first kappa shape index (κ1) is 10.1. The van der Waals surface area contributed by atoms with E-state index in [-0.39, 0.29) is 12.1 Å². The molecule has 1 saturated heterocycles. The van der Waals surface area contributed by atoms with E-state index < -0.39 is 10.0 Å². The molecule has 1 aliphatic heterocycles. The molecule has 1 aromatic carbocycles.